The number of fused-ring (bicyclic) bond motifs is 1. The molecular weight excluding hydrogens is 346 g/mol. The number of benzene rings is 1. The first-order valence-electron chi connectivity index (χ1n) is 7.81. The summed E-state index contributed by atoms with van der Waals surface area (Å²) in [5.41, 5.74) is 5.44. The van der Waals surface area contributed by atoms with Crippen LogP contribution < -0.4 is 5.73 Å². The van der Waals surface area contributed by atoms with Crippen LogP contribution in [-0.2, 0) is 4.74 Å². The standard InChI is InChI=1S/C16H19N3O5S/c1-2-25-16(23)18(9-5-6-10-24-15(17)22)19-13(20)11-7-3-4-8-12(11)14(19)21/h3-4,7-8H,2,5-6,9-10H2,1H3,(H2,17,22). The van der Waals surface area contributed by atoms with Crippen molar-refractivity contribution in [2.75, 3.05) is 18.9 Å². The van der Waals surface area contributed by atoms with Crippen molar-refractivity contribution in [2.24, 2.45) is 5.73 Å². The third-order valence-electron chi connectivity index (χ3n) is 3.50. The van der Waals surface area contributed by atoms with Gasteiger partial charge in [-0.25, -0.2) is 9.80 Å². The van der Waals surface area contributed by atoms with Crippen LogP contribution in [-0.4, -0.2) is 52.1 Å². The highest BCUT2D eigenvalue weighted by Gasteiger charge is 2.40. The molecule has 1 aromatic carbocycles. The maximum atomic E-state index is 12.6. The molecule has 9 heteroatoms. The highest BCUT2D eigenvalue weighted by molar-refractivity contribution is 8.13. The summed E-state index contributed by atoms with van der Waals surface area (Å²) in [6.45, 7) is 2.07. The topological polar surface area (TPSA) is 110 Å². The smallest absolute Gasteiger partial charge is 0.404 e. The van der Waals surface area contributed by atoms with Crippen molar-refractivity contribution < 1.29 is 23.9 Å². The summed E-state index contributed by atoms with van der Waals surface area (Å²) in [6.07, 6.45) is 0.0263. The fraction of sp³-hybridized carbons (Fsp3) is 0.375. The Morgan fingerprint density at radius 1 is 1.16 bits per heavy atom. The maximum absolute atomic E-state index is 12.6. The SMILES string of the molecule is CCSC(=O)N(CCCCOC(N)=O)N1C(=O)c2ccccc2C1=O. The number of nitrogens with two attached hydrogens (primary N) is 1. The lowest BCUT2D eigenvalue weighted by Gasteiger charge is -2.29. The van der Waals surface area contributed by atoms with E-state index in [-0.39, 0.29) is 29.5 Å². The van der Waals surface area contributed by atoms with E-state index in [1.165, 1.54) is 0 Å². The van der Waals surface area contributed by atoms with Gasteiger partial charge in [-0.15, -0.1) is 0 Å². The van der Waals surface area contributed by atoms with E-state index in [9.17, 15) is 19.2 Å². The largest absolute Gasteiger partial charge is 0.450 e. The van der Waals surface area contributed by atoms with E-state index in [1.807, 2.05) is 6.92 Å². The zero-order valence-electron chi connectivity index (χ0n) is 13.8. The molecule has 4 amide bonds. The second kappa shape index (κ2) is 8.52. The summed E-state index contributed by atoms with van der Waals surface area (Å²) < 4.78 is 4.63. The predicted molar refractivity (Wildman–Crippen MR) is 91.9 cm³/mol. The van der Waals surface area contributed by atoms with Crippen molar-refractivity contribution >= 4 is 34.9 Å². The number of primary amides is 1. The van der Waals surface area contributed by atoms with Crippen LogP contribution >= 0.6 is 11.8 Å². The molecule has 0 saturated heterocycles. The summed E-state index contributed by atoms with van der Waals surface area (Å²) in [5.74, 6) is -0.512. The average molecular weight is 365 g/mol. The fourth-order valence-corrected chi connectivity index (χ4v) is 2.97. The number of rotatable bonds is 7. The Kier molecular flexibility index (Phi) is 6.40. The van der Waals surface area contributed by atoms with Crippen LogP contribution in [0, 0.1) is 0 Å². The Hall–Kier alpha value is -2.55. The molecule has 2 N–H and O–H groups in total. The van der Waals surface area contributed by atoms with Gasteiger partial charge in [-0.3, -0.25) is 14.4 Å². The van der Waals surface area contributed by atoms with Gasteiger partial charge in [0.25, 0.3) is 11.8 Å². The summed E-state index contributed by atoms with van der Waals surface area (Å²) >= 11 is 1.01. The zero-order valence-corrected chi connectivity index (χ0v) is 14.6. The number of carbonyl (C=O) groups is 4. The normalized spacial score (nSPS) is 12.9. The molecule has 0 bridgehead atoms. The van der Waals surface area contributed by atoms with Gasteiger partial charge >= 0.3 is 11.3 Å². The molecule has 1 aromatic rings. The van der Waals surface area contributed by atoms with Crippen molar-refractivity contribution in [1.29, 1.82) is 0 Å². The number of hydrogen-bond acceptors (Lipinski definition) is 6. The molecule has 8 nitrogen and oxygen atoms in total. The Balaban J connectivity index is 2.11. The van der Waals surface area contributed by atoms with Gasteiger partial charge in [0.1, 0.15) is 0 Å². The average Bonchev–Trinajstić information content (AvgIpc) is 2.83. The van der Waals surface area contributed by atoms with E-state index in [0.29, 0.717) is 18.6 Å². The van der Waals surface area contributed by atoms with Gasteiger partial charge in [0, 0.05) is 6.54 Å². The molecule has 0 atom stereocenters. The molecular formula is C16H19N3O5S. The van der Waals surface area contributed by atoms with Crippen LogP contribution in [0.4, 0.5) is 9.59 Å². The molecule has 0 aliphatic carbocycles. The number of hydrazine groups is 1. The minimum absolute atomic E-state index is 0.112. The minimum Gasteiger partial charge on any atom is -0.450 e. The van der Waals surface area contributed by atoms with Gasteiger partial charge in [0.05, 0.1) is 17.7 Å². The van der Waals surface area contributed by atoms with Crippen LogP contribution in [0.15, 0.2) is 24.3 Å². The van der Waals surface area contributed by atoms with E-state index < -0.39 is 17.9 Å². The molecule has 25 heavy (non-hydrogen) atoms. The van der Waals surface area contributed by atoms with Crippen LogP contribution in [0.25, 0.3) is 0 Å². The Morgan fingerprint density at radius 2 is 1.76 bits per heavy atom. The Morgan fingerprint density at radius 3 is 2.28 bits per heavy atom. The highest BCUT2D eigenvalue weighted by Crippen LogP contribution is 2.26. The van der Waals surface area contributed by atoms with Crippen LogP contribution in [0.1, 0.15) is 40.5 Å². The Bertz CT molecular complexity index is 659. The Labute approximate surface area is 149 Å². The van der Waals surface area contributed by atoms with Gasteiger partial charge in [0.2, 0.25) is 0 Å². The number of amides is 4. The molecule has 0 spiro atoms. The zero-order chi connectivity index (χ0) is 18.4. The van der Waals surface area contributed by atoms with Crippen molar-refractivity contribution in [3.8, 4) is 0 Å². The number of carbonyl (C=O) groups excluding carboxylic acids is 4. The van der Waals surface area contributed by atoms with Crippen molar-refractivity contribution in [1.82, 2.24) is 10.0 Å². The van der Waals surface area contributed by atoms with Gasteiger partial charge in [-0.05, 0) is 30.7 Å². The van der Waals surface area contributed by atoms with Gasteiger partial charge in [-0.2, -0.15) is 5.01 Å². The van der Waals surface area contributed by atoms with Crippen molar-refractivity contribution in [3.05, 3.63) is 35.4 Å². The number of nitrogens with zero attached hydrogens (tertiary/aromatic N) is 2. The fourth-order valence-electron chi connectivity index (χ4n) is 2.40. The van der Waals surface area contributed by atoms with E-state index in [0.717, 1.165) is 21.8 Å². The lowest BCUT2D eigenvalue weighted by Crippen LogP contribution is -2.48. The second-order valence-electron chi connectivity index (χ2n) is 5.16. The summed E-state index contributed by atoms with van der Waals surface area (Å²) in [6, 6.07) is 6.46. The van der Waals surface area contributed by atoms with Crippen LogP contribution in [0.3, 0.4) is 0 Å². The number of hydrogen-bond donors (Lipinski definition) is 1. The number of unbranched alkanes of at least 4 members (excludes halogenated alkanes) is 1. The molecule has 1 heterocycles. The van der Waals surface area contributed by atoms with Gasteiger partial charge in [0.15, 0.2) is 0 Å². The first-order valence-corrected chi connectivity index (χ1v) is 8.80. The monoisotopic (exact) mass is 365 g/mol. The maximum Gasteiger partial charge on any atom is 0.404 e. The van der Waals surface area contributed by atoms with E-state index in [2.05, 4.69) is 4.74 Å². The molecule has 1 aliphatic rings. The number of imide groups is 1. The second-order valence-corrected chi connectivity index (χ2v) is 6.38. The van der Waals surface area contributed by atoms with E-state index >= 15 is 0 Å². The highest BCUT2D eigenvalue weighted by atomic mass is 32.2. The lowest BCUT2D eigenvalue weighted by molar-refractivity contribution is 0.0221. The third kappa shape index (κ3) is 4.30. The van der Waals surface area contributed by atoms with Crippen molar-refractivity contribution in [2.45, 2.75) is 19.8 Å². The molecule has 1 aliphatic heterocycles. The van der Waals surface area contributed by atoms with E-state index in [1.54, 1.807) is 24.3 Å². The molecule has 2 rings (SSSR count). The van der Waals surface area contributed by atoms with Crippen LogP contribution in [0.2, 0.25) is 0 Å². The van der Waals surface area contributed by atoms with E-state index in [4.69, 9.17) is 5.73 Å². The first kappa shape index (κ1) is 18.8. The summed E-state index contributed by atoms with van der Waals surface area (Å²) in [7, 11) is 0. The molecule has 0 unspecified atom stereocenters. The summed E-state index contributed by atoms with van der Waals surface area (Å²) in [5, 5.41) is 1.67. The minimum atomic E-state index is -0.866. The quantitative estimate of drug-likeness (QED) is 0.586. The number of ether oxygens (including phenoxy) is 1. The molecule has 134 valence electrons. The predicted octanol–water partition coefficient (Wildman–Crippen LogP) is 2.25. The van der Waals surface area contributed by atoms with Crippen molar-refractivity contribution in [3.63, 3.8) is 0 Å². The molecule has 0 fully saturated rings. The molecule has 0 radical (unpaired) electrons. The first-order chi connectivity index (χ1) is 12.0. The van der Waals surface area contributed by atoms with Gasteiger partial charge < -0.3 is 10.5 Å². The number of thioether (sulfide) groups is 1. The summed E-state index contributed by atoms with van der Waals surface area (Å²) in [4.78, 5) is 48.0. The lowest BCUT2D eigenvalue weighted by atomic mass is 10.1. The third-order valence-corrected chi connectivity index (χ3v) is 4.25. The van der Waals surface area contributed by atoms with Gasteiger partial charge in [-0.1, -0.05) is 30.8 Å². The molecule has 0 aromatic heterocycles. The molecule has 0 saturated carbocycles. The van der Waals surface area contributed by atoms with Crippen LogP contribution in [0.5, 0.6) is 0 Å².